The molecular formula is C19H18F6N4O2. The van der Waals surface area contributed by atoms with Crippen LogP contribution in [-0.2, 0) is 17.8 Å². The molecule has 2 aliphatic rings. The van der Waals surface area contributed by atoms with E-state index >= 15 is 0 Å². The van der Waals surface area contributed by atoms with Crippen molar-refractivity contribution in [1.29, 1.82) is 0 Å². The number of benzene rings is 1. The first-order chi connectivity index (χ1) is 14.7. The van der Waals surface area contributed by atoms with Gasteiger partial charge in [-0.15, -0.1) is 0 Å². The minimum absolute atomic E-state index is 0.179. The van der Waals surface area contributed by atoms with Gasteiger partial charge < -0.3 is 14.5 Å². The zero-order valence-electron chi connectivity index (χ0n) is 16.1. The molecule has 1 aromatic heterocycles. The first kappa shape index (κ1) is 21.5. The molecule has 31 heavy (non-hydrogen) atoms. The molecule has 4 rings (SSSR count). The average Bonchev–Trinajstić information content (AvgIpc) is 2.74. The predicted molar refractivity (Wildman–Crippen MR) is 98.5 cm³/mol. The van der Waals surface area contributed by atoms with Gasteiger partial charge in [-0.1, -0.05) is 6.07 Å². The molecule has 1 unspecified atom stereocenters. The second-order valence-corrected chi connectivity index (χ2v) is 7.31. The molecular weight excluding hydrogens is 430 g/mol. The highest BCUT2D eigenvalue weighted by Crippen LogP contribution is 2.35. The Morgan fingerprint density at radius 3 is 2.45 bits per heavy atom. The number of hydrogen-bond acceptors (Lipinski definition) is 5. The number of ether oxygens (including phenoxy) is 1. The lowest BCUT2D eigenvalue weighted by molar-refractivity contribution is -0.153. The van der Waals surface area contributed by atoms with Gasteiger partial charge in [-0.3, -0.25) is 9.36 Å². The van der Waals surface area contributed by atoms with Gasteiger partial charge in [0.15, 0.2) is 17.5 Å². The molecule has 0 N–H and O–H groups in total. The molecule has 0 amide bonds. The minimum atomic E-state index is -4.72. The molecule has 0 aliphatic carbocycles. The van der Waals surface area contributed by atoms with Crippen LogP contribution in [0.3, 0.4) is 0 Å². The van der Waals surface area contributed by atoms with Crippen LogP contribution in [-0.4, -0.2) is 48.1 Å². The molecule has 1 saturated heterocycles. The van der Waals surface area contributed by atoms with Gasteiger partial charge >= 0.3 is 6.18 Å². The van der Waals surface area contributed by atoms with Crippen LogP contribution in [0.1, 0.15) is 12.0 Å². The Bertz CT molecular complexity index is 1040. The summed E-state index contributed by atoms with van der Waals surface area (Å²) < 4.78 is 88.8. The molecule has 0 spiro atoms. The van der Waals surface area contributed by atoms with Crippen molar-refractivity contribution in [3.63, 3.8) is 0 Å². The van der Waals surface area contributed by atoms with E-state index in [1.165, 1.54) is 6.07 Å². The monoisotopic (exact) mass is 448 g/mol. The van der Waals surface area contributed by atoms with Crippen LogP contribution in [0.5, 0.6) is 0 Å². The first-order valence-corrected chi connectivity index (χ1v) is 9.57. The van der Waals surface area contributed by atoms with Gasteiger partial charge in [0.2, 0.25) is 5.95 Å². The summed E-state index contributed by atoms with van der Waals surface area (Å²) in [7, 11) is 0. The van der Waals surface area contributed by atoms with Gasteiger partial charge in [0.05, 0.1) is 13.2 Å². The Labute approximate surface area is 172 Å². The highest BCUT2D eigenvalue weighted by Gasteiger charge is 2.47. The number of fused-ring (bicyclic) bond motifs is 1. The molecule has 0 bridgehead atoms. The number of alkyl halides is 3. The van der Waals surface area contributed by atoms with E-state index in [-0.39, 0.29) is 18.3 Å². The predicted octanol–water partition coefficient (Wildman–Crippen LogP) is 2.84. The smallest absolute Gasteiger partial charge is 0.378 e. The van der Waals surface area contributed by atoms with E-state index in [0.717, 1.165) is 15.5 Å². The summed E-state index contributed by atoms with van der Waals surface area (Å²) in [6, 6.07) is 0.681. The molecule has 2 aliphatic heterocycles. The molecule has 1 aromatic carbocycles. The molecule has 1 atom stereocenters. The lowest BCUT2D eigenvalue weighted by Crippen LogP contribution is -2.52. The third-order valence-electron chi connectivity index (χ3n) is 5.40. The van der Waals surface area contributed by atoms with Crippen molar-refractivity contribution >= 4 is 11.8 Å². The van der Waals surface area contributed by atoms with Crippen LogP contribution in [0, 0.1) is 17.5 Å². The fourth-order valence-corrected chi connectivity index (χ4v) is 3.81. The Hall–Kier alpha value is -2.76. The Balaban J connectivity index is 1.80. The standard InChI is InChI=1S/C19H18F6N4O2/c20-12-2-1-11(16(21)17(12)22)10-29-13(19(23,24)25)3-4-28-15(30)9-14(26-18(28)29)27-5-7-31-8-6-27/h1-2,9,13H,3-8,10H2. The second-order valence-electron chi connectivity index (χ2n) is 7.31. The van der Waals surface area contributed by atoms with E-state index < -0.39 is 53.8 Å². The lowest BCUT2D eigenvalue weighted by Gasteiger charge is -2.39. The molecule has 0 radical (unpaired) electrons. The zero-order chi connectivity index (χ0) is 22.3. The quantitative estimate of drug-likeness (QED) is 0.534. The summed E-state index contributed by atoms with van der Waals surface area (Å²) in [5, 5.41) is 0. The highest BCUT2D eigenvalue weighted by molar-refractivity contribution is 5.47. The van der Waals surface area contributed by atoms with Crippen LogP contribution in [0.4, 0.5) is 38.1 Å². The number of halogens is 6. The number of rotatable bonds is 3. The van der Waals surface area contributed by atoms with E-state index in [1.54, 1.807) is 4.90 Å². The van der Waals surface area contributed by atoms with Gasteiger partial charge in [0, 0.05) is 37.8 Å². The van der Waals surface area contributed by atoms with Crippen molar-refractivity contribution < 1.29 is 31.1 Å². The Kier molecular flexibility index (Phi) is 5.58. The maximum absolute atomic E-state index is 14.2. The van der Waals surface area contributed by atoms with Crippen LogP contribution in [0.25, 0.3) is 0 Å². The maximum Gasteiger partial charge on any atom is 0.408 e. The van der Waals surface area contributed by atoms with E-state index in [4.69, 9.17) is 4.74 Å². The first-order valence-electron chi connectivity index (χ1n) is 9.57. The summed E-state index contributed by atoms with van der Waals surface area (Å²) in [6.07, 6.45) is -5.19. The third kappa shape index (κ3) is 4.08. The normalized spacial score (nSPS) is 19.5. The van der Waals surface area contributed by atoms with Crippen molar-refractivity contribution in [1.82, 2.24) is 9.55 Å². The van der Waals surface area contributed by atoms with Crippen molar-refractivity contribution in [2.45, 2.75) is 31.7 Å². The van der Waals surface area contributed by atoms with Gasteiger partial charge in [-0.25, -0.2) is 13.2 Å². The summed E-state index contributed by atoms with van der Waals surface area (Å²) in [6.45, 7) is 0.564. The number of aromatic nitrogens is 2. The Morgan fingerprint density at radius 1 is 1.06 bits per heavy atom. The fraction of sp³-hybridized carbons (Fsp3) is 0.474. The lowest BCUT2D eigenvalue weighted by atomic mass is 10.1. The molecule has 0 saturated carbocycles. The second kappa shape index (κ2) is 8.06. The van der Waals surface area contributed by atoms with Crippen molar-refractivity contribution in [3.05, 3.63) is 51.6 Å². The molecule has 12 heteroatoms. The third-order valence-corrected chi connectivity index (χ3v) is 5.40. The van der Waals surface area contributed by atoms with E-state index in [9.17, 15) is 31.1 Å². The number of morpholine rings is 1. The SMILES string of the molecule is O=c1cc(N2CCOCC2)nc2n1CCC(C(F)(F)F)N2Cc1ccc(F)c(F)c1F. The summed E-state index contributed by atoms with van der Waals surface area (Å²) in [5.74, 6) is -4.92. The van der Waals surface area contributed by atoms with E-state index in [1.807, 2.05) is 0 Å². The fourth-order valence-electron chi connectivity index (χ4n) is 3.81. The largest absolute Gasteiger partial charge is 0.408 e. The van der Waals surface area contributed by atoms with Gasteiger partial charge in [0.25, 0.3) is 5.56 Å². The summed E-state index contributed by atoms with van der Waals surface area (Å²) >= 11 is 0. The van der Waals surface area contributed by atoms with Gasteiger partial charge in [0.1, 0.15) is 11.9 Å². The van der Waals surface area contributed by atoms with Crippen LogP contribution in [0.2, 0.25) is 0 Å². The van der Waals surface area contributed by atoms with Gasteiger partial charge in [-0.05, 0) is 12.5 Å². The number of anilines is 2. The molecule has 2 aromatic rings. The molecule has 168 valence electrons. The molecule has 3 heterocycles. The van der Waals surface area contributed by atoms with Crippen LogP contribution >= 0.6 is 0 Å². The van der Waals surface area contributed by atoms with Crippen molar-refractivity contribution in [2.24, 2.45) is 0 Å². The van der Waals surface area contributed by atoms with E-state index in [2.05, 4.69) is 4.98 Å². The number of nitrogens with zero attached hydrogens (tertiary/aromatic N) is 4. The maximum atomic E-state index is 14.2. The Morgan fingerprint density at radius 2 is 1.77 bits per heavy atom. The van der Waals surface area contributed by atoms with Crippen LogP contribution < -0.4 is 15.4 Å². The van der Waals surface area contributed by atoms with Crippen molar-refractivity contribution in [3.8, 4) is 0 Å². The zero-order valence-corrected chi connectivity index (χ0v) is 16.1. The van der Waals surface area contributed by atoms with Crippen LogP contribution in [0.15, 0.2) is 23.0 Å². The molecule has 6 nitrogen and oxygen atoms in total. The topological polar surface area (TPSA) is 50.6 Å². The van der Waals surface area contributed by atoms with E-state index in [0.29, 0.717) is 32.4 Å². The minimum Gasteiger partial charge on any atom is -0.378 e. The van der Waals surface area contributed by atoms with Crippen molar-refractivity contribution in [2.75, 3.05) is 36.1 Å². The number of hydrogen-bond donors (Lipinski definition) is 0. The average molecular weight is 448 g/mol. The summed E-state index contributed by atoms with van der Waals surface area (Å²) in [4.78, 5) is 19.3. The molecule has 1 fully saturated rings. The highest BCUT2D eigenvalue weighted by atomic mass is 19.4. The van der Waals surface area contributed by atoms with Gasteiger partial charge in [-0.2, -0.15) is 18.2 Å². The summed E-state index contributed by atoms with van der Waals surface area (Å²) in [5.41, 5.74) is -1.03.